The monoisotopic (exact) mass is 466 g/mol. The Morgan fingerprint density at radius 1 is 1.22 bits per heavy atom. The van der Waals surface area contributed by atoms with E-state index in [0.717, 1.165) is 18.4 Å². The molecule has 1 saturated heterocycles. The number of halogens is 3. The molecule has 2 aliphatic rings. The van der Waals surface area contributed by atoms with E-state index in [1.165, 1.54) is 23.1 Å². The van der Waals surface area contributed by atoms with Crippen LogP contribution in [0.2, 0.25) is 0 Å². The summed E-state index contributed by atoms with van der Waals surface area (Å²) in [6.07, 6.45) is 0.950. The number of nitrogens with zero attached hydrogens (tertiary/aromatic N) is 1. The molecule has 4 atom stereocenters. The van der Waals surface area contributed by atoms with Crippen molar-refractivity contribution in [3.63, 3.8) is 0 Å². The molecule has 1 amide bonds. The first-order valence-electron chi connectivity index (χ1n) is 10.4. The van der Waals surface area contributed by atoms with Crippen LogP contribution in [0.5, 0.6) is 0 Å². The summed E-state index contributed by atoms with van der Waals surface area (Å²) in [5.74, 6) is -2.92. The summed E-state index contributed by atoms with van der Waals surface area (Å²) in [5, 5.41) is 0. The molecule has 2 fully saturated rings. The van der Waals surface area contributed by atoms with Gasteiger partial charge in [0.1, 0.15) is 17.3 Å². The van der Waals surface area contributed by atoms with Crippen LogP contribution in [-0.2, 0) is 20.5 Å². The molecule has 1 heterocycles. The fourth-order valence-corrected chi connectivity index (χ4v) is 5.01. The molecule has 4 rings (SSSR count). The van der Waals surface area contributed by atoms with Gasteiger partial charge in [-0.05, 0) is 36.1 Å². The predicted molar refractivity (Wildman–Crippen MR) is 115 cm³/mol. The van der Waals surface area contributed by atoms with Crippen molar-refractivity contribution in [1.82, 2.24) is 9.62 Å². The Kier molecular flexibility index (Phi) is 5.61. The van der Waals surface area contributed by atoms with E-state index in [0.29, 0.717) is 12.1 Å². The number of aryl methyl sites for hydroxylation is 1. The molecular weight excluding hydrogens is 441 g/mol. The van der Waals surface area contributed by atoms with Crippen LogP contribution in [0.15, 0.2) is 36.4 Å². The number of nitrogens with one attached hydrogen (secondary N) is 1. The molecule has 1 aliphatic carbocycles. The van der Waals surface area contributed by atoms with E-state index in [9.17, 15) is 22.0 Å². The zero-order valence-electron chi connectivity index (χ0n) is 18.0. The summed E-state index contributed by atoms with van der Waals surface area (Å²) in [4.78, 5) is 14.6. The van der Waals surface area contributed by atoms with Gasteiger partial charge in [0.15, 0.2) is 0 Å². The summed E-state index contributed by atoms with van der Waals surface area (Å²) < 4.78 is 70.2. The van der Waals surface area contributed by atoms with E-state index in [1.807, 2.05) is 6.92 Å². The van der Waals surface area contributed by atoms with Crippen LogP contribution in [0.1, 0.15) is 24.5 Å². The molecule has 1 aliphatic heterocycles. The Bertz CT molecular complexity index is 1170. The molecule has 5 nitrogen and oxygen atoms in total. The zero-order chi connectivity index (χ0) is 23.4. The van der Waals surface area contributed by atoms with Crippen LogP contribution in [0.25, 0.3) is 11.1 Å². The lowest BCUT2D eigenvalue weighted by atomic mass is 9.88. The third-order valence-corrected chi connectivity index (χ3v) is 7.12. The molecule has 0 unspecified atom stereocenters. The predicted octanol–water partition coefficient (Wildman–Crippen LogP) is 3.52. The lowest BCUT2D eigenvalue weighted by Gasteiger charge is -2.47. The van der Waals surface area contributed by atoms with Crippen molar-refractivity contribution >= 4 is 15.9 Å². The Labute approximate surface area is 185 Å². The SMILES string of the molecule is Cc1ccc([C@]2(F)C[C@H]2C(=O)N2C[C@@H](C)[C@H]2CNS(C)(=O)=O)c(-c2c(F)cccc2F)c1. The fourth-order valence-electron chi connectivity index (χ4n) is 4.54. The van der Waals surface area contributed by atoms with Crippen molar-refractivity contribution in [2.24, 2.45) is 11.8 Å². The highest BCUT2D eigenvalue weighted by molar-refractivity contribution is 7.88. The minimum Gasteiger partial charge on any atom is -0.337 e. The number of carbonyl (C=O) groups excluding carboxylic acids is 1. The average molecular weight is 467 g/mol. The smallest absolute Gasteiger partial charge is 0.229 e. The summed E-state index contributed by atoms with van der Waals surface area (Å²) in [5.41, 5.74) is -1.45. The van der Waals surface area contributed by atoms with E-state index in [-0.39, 0.29) is 41.6 Å². The molecule has 172 valence electrons. The number of likely N-dealkylation sites (tertiary alicyclic amines) is 1. The van der Waals surface area contributed by atoms with Crippen molar-refractivity contribution in [1.29, 1.82) is 0 Å². The summed E-state index contributed by atoms with van der Waals surface area (Å²) in [6, 6.07) is 7.80. The minimum atomic E-state index is -3.42. The molecule has 0 aromatic heterocycles. The standard InChI is InChI=1S/C23H25F3N2O3S/c1-13-7-8-16(15(9-13)21-18(24)5-4-6-19(21)25)23(26)10-17(23)22(29)28-12-14(2)20(28)11-27-32(3,30)31/h4-9,14,17,20,27H,10-12H2,1-3H3/t14-,17+,20-,23-/m1/s1. The molecule has 1 N–H and O–H groups in total. The zero-order valence-corrected chi connectivity index (χ0v) is 18.8. The minimum absolute atomic E-state index is 0.0635. The quantitative estimate of drug-likeness (QED) is 0.709. The number of hydrogen-bond acceptors (Lipinski definition) is 3. The van der Waals surface area contributed by atoms with Crippen molar-refractivity contribution in [3.8, 4) is 11.1 Å². The molecule has 9 heteroatoms. The van der Waals surface area contributed by atoms with Gasteiger partial charge in [0, 0.05) is 25.6 Å². The maximum atomic E-state index is 16.0. The Balaban J connectivity index is 1.61. The highest BCUT2D eigenvalue weighted by atomic mass is 32.2. The van der Waals surface area contributed by atoms with Gasteiger partial charge in [0.2, 0.25) is 15.9 Å². The lowest BCUT2D eigenvalue weighted by molar-refractivity contribution is -0.145. The largest absolute Gasteiger partial charge is 0.337 e. The van der Waals surface area contributed by atoms with Gasteiger partial charge < -0.3 is 4.90 Å². The van der Waals surface area contributed by atoms with Gasteiger partial charge in [0.25, 0.3) is 0 Å². The highest BCUT2D eigenvalue weighted by Gasteiger charge is 2.64. The van der Waals surface area contributed by atoms with E-state index in [2.05, 4.69) is 4.72 Å². The Morgan fingerprint density at radius 2 is 1.88 bits per heavy atom. The van der Waals surface area contributed by atoms with Crippen LogP contribution < -0.4 is 4.72 Å². The molecule has 2 aromatic carbocycles. The van der Waals surface area contributed by atoms with Gasteiger partial charge in [-0.15, -0.1) is 0 Å². The van der Waals surface area contributed by atoms with Crippen LogP contribution >= 0.6 is 0 Å². The van der Waals surface area contributed by atoms with Gasteiger partial charge in [0.05, 0.1) is 17.7 Å². The first-order valence-corrected chi connectivity index (χ1v) is 12.3. The third-order valence-electron chi connectivity index (χ3n) is 6.43. The van der Waals surface area contributed by atoms with Crippen LogP contribution in [0, 0.1) is 30.4 Å². The second kappa shape index (κ2) is 7.88. The maximum Gasteiger partial charge on any atom is 0.229 e. The number of benzene rings is 2. The van der Waals surface area contributed by atoms with Gasteiger partial charge in [-0.1, -0.05) is 36.8 Å². The van der Waals surface area contributed by atoms with Gasteiger partial charge in [-0.25, -0.2) is 26.3 Å². The maximum absolute atomic E-state index is 16.0. The Morgan fingerprint density at radius 3 is 2.47 bits per heavy atom. The number of rotatable bonds is 6. The summed E-state index contributed by atoms with van der Waals surface area (Å²) >= 11 is 0. The number of alkyl halides is 1. The second-order valence-corrected chi connectivity index (χ2v) is 10.8. The van der Waals surface area contributed by atoms with E-state index < -0.39 is 39.2 Å². The molecule has 1 saturated carbocycles. The number of amides is 1. The molecule has 2 aromatic rings. The van der Waals surface area contributed by atoms with Gasteiger partial charge >= 0.3 is 0 Å². The number of hydrogen-bond donors (Lipinski definition) is 1. The second-order valence-electron chi connectivity index (χ2n) is 8.92. The molecule has 0 radical (unpaired) electrons. The van der Waals surface area contributed by atoms with Crippen LogP contribution in [-0.4, -0.2) is 44.6 Å². The summed E-state index contributed by atoms with van der Waals surface area (Å²) in [6.45, 7) is 4.11. The van der Waals surface area contributed by atoms with Crippen LogP contribution in [0.4, 0.5) is 13.2 Å². The van der Waals surface area contributed by atoms with E-state index in [4.69, 9.17) is 0 Å². The number of sulfonamides is 1. The lowest BCUT2D eigenvalue weighted by Crippen LogP contribution is -2.62. The van der Waals surface area contributed by atoms with Crippen molar-refractivity contribution < 1.29 is 26.4 Å². The number of carbonyl (C=O) groups is 1. The van der Waals surface area contributed by atoms with Crippen molar-refractivity contribution in [2.45, 2.75) is 32.0 Å². The normalized spacial score (nSPS) is 27.2. The topological polar surface area (TPSA) is 66.5 Å². The van der Waals surface area contributed by atoms with Crippen molar-refractivity contribution in [2.75, 3.05) is 19.3 Å². The molecule has 0 bridgehead atoms. The molecule has 32 heavy (non-hydrogen) atoms. The summed E-state index contributed by atoms with van der Waals surface area (Å²) in [7, 11) is -3.42. The highest BCUT2D eigenvalue weighted by Crippen LogP contribution is 2.59. The molecular formula is C23H25F3N2O3S. The van der Waals surface area contributed by atoms with Gasteiger partial charge in [-0.2, -0.15) is 0 Å². The average Bonchev–Trinajstić information content (AvgIpc) is 3.37. The van der Waals surface area contributed by atoms with E-state index in [1.54, 1.807) is 13.0 Å². The van der Waals surface area contributed by atoms with Gasteiger partial charge in [-0.3, -0.25) is 4.79 Å². The molecule has 0 spiro atoms. The van der Waals surface area contributed by atoms with Crippen LogP contribution in [0.3, 0.4) is 0 Å². The third kappa shape index (κ3) is 4.03. The first kappa shape index (κ1) is 22.8. The van der Waals surface area contributed by atoms with Crippen molar-refractivity contribution in [3.05, 3.63) is 59.2 Å². The first-order chi connectivity index (χ1) is 14.9. The van der Waals surface area contributed by atoms with E-state index >= 15 is 4.39 Å². The Hall–Kier alpha value is -2.39. The fraction of sp³-hybridized carbons (Fsp3) is 0.435.